The molecule has 2 heterocycles. The fourth-order valence-corrected chi connectivity index (χ4v) is 3.87. The Labute approximate surface area is 159 Å². The van der Waals surface area contributed by atoms with Gasteiger partial charge in [-0.25, -0.2) is 0 Å². The summed E-state index contributed by atoms with van der Waals surface area (Å²) in [5, 5.41) is 6.71. The van der Waals surface area contributed by atoms with Crippen LogP contribution in [0.15, 0.2) is 53.1 Å². The quantitative estimate of drug-likeness (QED) is 0.475. The lowest BCUT2D eigenvalue weighted by atomic mass is 9.62. The molecular weight excluding hydrogens is 336 g/mol. The van der Waals surface area contributed by atoms with Gasteiger partial charge >= 0.3 is 0 Å². The summed E-state index contributed by atoms with van der Waals surface area (Å²) < 4.78 is 13.7. The second-order valence-electron chi connectivity index (χ2n) is 8.25. The van der Waals surface area contributed by atoms with Crippen LogP contribution in [0.25, 0.3) is 21.9 Å². The Morgan fingerprint density at radius 3 is 2.48 bits per heavy atom. The number of hydrogen-bond acceptors (Lipinski definition) is 3. The third-order valence-electron chi connectivity index (χ3n) is 6.37. The summed E-state index contributed by atoms with van der Waals surface area (Å²) in [5.74, 6) is 1.72. The van der Waals surface area contributed by atoms with Crippen molar-refractivity contribution >= 4 is 21.9 Å². The molecule has 4 aromatic rings. The van der Waals surface area contributed by atoms with E-state index in [9.17, 15) is 0 Å². The fourth-order valence-electron chi connectivity index (χ4n) is 3.87. The number of furan rings is 1. The topological polar surface area (TPSA) is 40.2 Å². The smallest absolute Gasteiger partial charge is 0.176 e. The molecule has 0 radical (unpaired) electrons. The molecule has 0 aliphatic carbocycles. The maximum Gasteiger partial charge on any atom is 0.176 e. The average Bonchev–Trinajstić information content (AvgIpc) is 3.25. The van der Waals surface area contributed by atoms with Gasteiger partial charge in [0.2, 0.25) is 0 Å². The molecule has 140 valence electrons. The highest BCUT2D eigenvalue weighted by atomic mass is 16.5. The predicted molar refractivity (Wildman–Crippen MR) is 110 cm³/mol. The van der Waals surface area contributed by atoms with Gasteiger partial charge in [-0.1, -0.05) is 52.0 Å². The normalized spacial score (nSPS) is 12.8. The number of aromatic nitrogens is 2. The Balaban J connectivity index is 1.89. The summed E-state index contributed by atoms with van der Waals surface area (Å²) in [7, 11) is 3.66. The third-order valence-corrected chi connectivity index (χ3v) is 6.37. The highest BCUT2D eigenvalue weighted by molar-refractivity contribution is 5.85. The third kappa shape index (κ3) is 2.47. The second-order valence-corrected chi connectivity index (χ2v) is 8.25. The van der Waals surface area contributed by atoms with Crippen LogP contribution in [-0.4, -0.2) is 16.9 Å². The maximum atomic E-state index is 6.33. The number of benzene rings is 2. The first-order chi connectivity index (χ1) is 12.8. The Hall–Kier alpha value is -2.75. The van der Waals surface area contributed by atoms with Crippen molar-refractivity contribution in [3.63, 3.8) is 0 Å². The molecular formula is C23H26N2O2. The van der Waals surface area contributed by atoms with Gasteiger partial charge in [0.1, 0.15) is 5.76 Å². The SMILES string of the molecule is COc1cccc2cc(C(C)(C)C(C)(C)c3cccc4c3cnn4C)oc12. The van der Waals surface area contributed by atoms with Crippen LogP contribution >= 0.6 is 0 Å². The van der Waals surface area contributed by atoms with Crippen LogP contribution in [-0.2, 0) is 17.9 Å². The number of hydrogen-bond donors (Lipinski definition) is 0. The van der Waals surface area contributed by atoms with Gasteiger partial charge in [-0.2, -0.15) is 5.10 Å². The summed E-state index contributed by atoms with van der Waals surface area (Å²) in [5.41, 5.74) is 2.78. The standard InChI is InChI=1S/C23H26N2O2/c1-22(2,17-10-8-11-18-16(17)14-24-25(18)5)23(3,4)20-13-15-9-7-12-19(26-6)21(15)27-20/h7-14H,1-6H3. The van der Waals surface area contributed by atoms with E-state index in [2.05, 4.69) is 63.1 Å². The molecule has 0 N–H and O–H groups in total. The highest BCUT2D eigenvalue weighted by Gasteiger charge is 2.43. The Morgan fingerprint density at radius 2 is 1.74 bits per heavy atom. The number of ether oxygens (including phenoxy) is 1. The number of aryl methyl sites for hydroxylation is 1. The van der Waals surface area contributed by atoms with Crippen LogP contribution in [0.5, 0.6) is 5.75 Å². The molecule has 27 heavy (non-hydrogen) atoms. The van der Waals surface area contributed by atoms with Gasteiger partial charge < -0.3 is 9.15 Å². The minimum Gasteiger partial charge on any atom is -0.493 e. The van der Waals surface area contributed by atoms with E-state index in [1.54, 1.807) is 7.11 Å². The lowest BCUT2D eigenvalue weighted by Crippen LogP contribution is -2.40. The van der Waals surface area contributed by atoms with E-state index < -0.39 is 0 Å². The minimum absolute atomic E-state index is 0.184. The minimum atomic E-state index is -0.249. The van der Waals surface area contributed by atoms with Gasteiger partial charge in [0.05, 0.1) is 18.8 Å². The average molecular weight is 362 g/mol. The molecule has 0 bridgehead atoms. The molecule has 0 aliphatic rings. The molecule has 2 aromatic heterocycles. The van der Waals surface area contributed by atoms with Crippen LogP contribution in [0.4, 0.5) is 0 Å². The molecule has 0 saturated carbocycles. The number of methoxy groups -OCH3 is 1. The molecule has 0 spiro atoms. The van der Waals surface area contributed by atoms with Crippen LogP contribution < -0.4 is 4.74 Å². The van der Waals surface area contributed by atoms with E-state index in [-0.39, 0.29) is 10.8 Å². The number of fused-ring (bicyclic) bond motifs is 2. The van der Waals surface area contributed by atoms with E-state index in [0.717, 1.165) is 28.0 Å². The number of rotatable bonds is 4. The predicted octanol–water partition coefficient (Wildman–Crippen LogP) is 5.58. The molecule has 0 fully saturated rings. The Bertz CT molecular complexity index is 1130. The van der Waals surface area contributed by atoms with Crippen LogP contribution in [0.2, 0.25) is 0 Å². The summed E-state index contributed by atoms with van der Waals surface area (Å²) >= 11 is 0. The van der Waals surface area contributed by atoms with Crippen LogP contribution in [0.1, 0.15) is 39.0 Å². The highest BCUT2D eigenvalue weighted by Crippen LogP contribution is 2.47. The largest absolute Gasteiger partial charge is 0.493 e. The lowest BCUT2D eigenvalue weighted by molar-refractivity contribution is 0.258. The zero-order valence-corrected chi connectivity index (χ0v) is 16.8. The van der Waals surface area contributed by atoms with Crippen molar-refractivity contribution in [2.45, 2.75) is 38.5 Å². The molecule has 0 unspecified atom stereocenters. The van der Waals surface area contributed by atoms with E-state index in [1.807, 2.05) is 30.1 Å². The zero-order valence-electron chi connectivity index (χ0n) is 16.8. The summed E-state index contributed by atoms with van der Waals surface area (Å²) in [6.07, 6.45) is 1.96. The van der Waals surface area contributed by atoms with E-state index in [1.165, 1.54) is 10.9 Å². The van der Waals surface area contributed by atoms with Crippen molar-refractivity contribution in [1.82, 2.24) is 9.78 Å². The first-order valence-electron chi connectivity index (χ1n) is 9.25. The van der Waals surface area contributed by atoms with Crippen molar-refractivity contribution in [3.05, 3.63) is 60.0 Å². The van der Waals surface area contributed by atoms with Gasteiger partial charge in [0.15, 0.2) is 11.3 Å². The van der Waals surface area contributed by atoms with Crippen molar-refractivity contribution in [2.75, 3.05) is 7.11 Å². The molecule has 2 aromatic carbocycles. The maximum absolute atomic E-state index is 6.33. The van der Waals surface area contributed by atoms with Crippen LogP contribution in [0, 0.1) is 0 Å². The van der Waals surface area contributed by atoms with Crippen molar-refractivity contribution in [3.8, 4) is 5.75 Å². The molecule has 4 rings (SSSR count). The van der Waals surface area contributed by atoms with Crippen LogP contribution in [0.3, 0.4) is 0 Å². The Kier molecular flexibility index (Phi) is 3.84. The lowest BCUT2D eigenvalue weighted by Gasteiger charge is -2.41. The van der Waals surface area contributed by atoms with E-state index in [4.69, 9.17) is 9.15 Å². The summed E-state index contributed by atoms with van der Waals surface area (Å²) in [6.45, 7) is 9.04. The Morgan fingerprint density at radius 1 is 1.00 bits per heavy atom. The molecule has 4 nitrogen and oxygen atoms in total. The van der Waals surface area contributed by atoms with Gasteiger partial charge in [0.25, 0.3) is 0 Å². The van der Waals surface area contributed by atoms with E-state index in [0.29, 0.717) is 0 Å². The van der Waals surface area contributed by atoms with Gasteiger partial charge in [-0.3, -0.25) is 4.68 Å². The molecule has 0 amide bonds. The zero-order chi connectivity index (χ0) is 19.4. The fraction of sp³-hybridized carbons (Fsp3) is 0.348. The number of para-hydroxylation sites is 1. The van der Waals surface area contributed by atoms with E-state index >= 15 is 0 Å². The van der Waals surface area contributed by atoms with Crippen molar-refractivity contribution < 1.29 is 9.15 Å². The van der Waals surface area contributed by atoms with Crippen molar-refractivity contribution in [2.24, 2.45) is 7.05 Å². The summed E-state index contributed by atoms with van der Waals surface area (Å²) in [6, 6.07) is 14.6. The van der Waals surface area contributed by atoms with Gasteiger partial charge in [-0.15, -0.1) is 0 Å². The molecule has 0 saturated heterocycles. The van der Waals surface area contributed by atoms with Crippen molar-refractivity contribution in [1.29, 1.82) is 0 Å². The molecule has 0 aliphatic heterocycles. The molecule has 4 heteroatoms. The second kappa shape index (κ2) is 5.88. The first-order valence-corrected chi connectivity index (χ1v) is 9.25. The summed E-state index contributed by atoms with van der Waals surface area (Å²) in [4.78, 5) is 0. The number of nitrogens with zero attached hydrogens (tertiary/aromatic N) is 2. The van der Waals surface area contributed by atoms with Gasteiger partial charge in [0, 0.05) is 28.7 Å². The molecule has 0 atom stereocenters. The monoisotopic (exact) mass is 362 g/mol. The van der Waals surface area contributed by atoms with Gasteiger partial charge in [-0.05, 0) is 23.8 Å². The first kappa shape index (κ1) is 17.7.